The molecule has 0 aliphatic heterocycles. The first kappa shape index (κ1) is 14.8. The molecule has 1 N–H and O–H groups in total. The van der Waals surface area contributed by atoms with Crippen molar-refractivity contribution in [2.45, 2.75) is 38.7 Å². The van der Waals surface area contributed by atoms with E-state index < -0.39 is 0 Å². The van der Waals surface area contributed by atoms with Crippen molar-refractivity contribution in [2.75, 3.05) is 6.61 Å². The molecular formula is C17H22O3. The Bertz CT molecular complexity index is 466. The normalized spacial score (nSPS) is 26.0. The third kappa shape index (κ3) is 3.28. The first-order valence-electron chi connectivity index (χ1n) is 7.19. The van der Waals surface area contributed by atoms with E-state index in [-0.39, 0.29) is 24.1 Å². The van der Waals surface area contributed by atoms with Gasteiger partial charge in [0, 0.05) is 5.41 Å². The number of hydrogen-bond acceptors (Lipinski definition) is 3. The van der Waals surface area contributed by atoms with Crippen LogP contribution in [-0.2, 0) is 4.74 Å². The van der Waals surface area contributed by atoms with E-state index in [1.807, 2.05) is 37.3 Å². The van der Waals surface area contributed by atoms with Crippen LogP contribution in [0, 0.1) is 5.41 Å². The van der Waals surface area contributed by atoms with Gasteiger partial charge in [0.1, 0.15) is 6.61 Å². The molecule has 2 rings (SSSR count). The van der Waals surface area contributed by atoms with E-state index in [1.165, 1.54) is 0 Å². The third-order valence-electron chi connectivity index (χ3n) is 4.12. The summed E-state index contributed by atoms with van der Waals surface area (Å²) in [6.45, 7) is 2.25. The summed E-state index contributed by atoms with van der Waals surface area (Å²) in [6.07, 6.45) is 7.08. The molecule has 0 bridgehead atoms. The molecule has 3 heteroatoms. The molecule has 1 aromatic carbocycles. The summed E-state index contributed by atoms with van der Waals surface area (Å²) in [5.41, 5.74) is 0.248. The van der Waals surface area contributed by atoms with Crippen molar-refractivity contribution in [3.8, 4) is 0 Å². The quantitative estimate of drug-likeness (QED) is 0.661. The van der Waals surface area contributed by atoms with Gasteiger partial charge in [0.25, 0.3) is 0 Å². The van der Waals surface area contributed by atoms with Crippen LogP contribution >= 0.6 is 0 Å². The summed E-state index contributed by atoms with van der Waals surface area (Å²) in [5, 5.41) is 10.2. The van der Waals surface area contributed by atoms with Gasteiger partial charge in [-0.05, 0) is 38.3 Å². The van der Waals surface area contributed by atoms with Gasteiger partial charge in [-0.1, -0.05) is 36.8 Å². The Morgan fingerprint density at radius 1 is 1.45 bits per heavy atom. The fourth-order valence-corrected chi connectivity index (χ4v) is 2.81. The topological polar surface area (TPSA) is 46.5 Å². The first-order valence-corrected chi connectivity index (χ1v) is 7.19. The highest BCUT2D eigenvalue weighted by molar-refractivity contribution is 5.89. The number of ether oxygens (including phenoxy) is 1. The molecule has 20 heavy (non-hydrogen) atoms. The van der Waals surface area contributed by atoms with Crippen LogP contribution in [0.5, 0.6) is 0 Å². The summed E-state index contributed by atoms with van der Waals surface area (Å²) >= 11 is 0. The highest BCUT2D eigenvalue weighted by Crippen LogP contribution is 2.42. The lowest BCUT2D eigenvalue weighted by atomic mass is 9.81. The zero-order chi connectivity index (χ0) is 14.4. The van der Waals surface area contributed by atoms with Gasteiger partial charge in [0.2, 0.25) is 0 Å². The number of esters is 1. The molecule has 0 saturated heterocycles. The maximum Gasteiger partial charge on any atom is 0.338 e. The minimum Gasteiger partial charge on any atom is -0.461 e. The van der Waals surface area contributed by atoms with E-state index in [0.29, 0.717) is 5.56 Å². The van der Waals surface area contributed by atoms with Gasteiger partial charge in [-0.3, -0.25) is 0 Å². The predicted molar refractivity (Wildman–Crippen MR) is 78.4 cm³/mol. The van der Waals surface area contributed by atoms with E-state index in [9.17, 15) is 9.90 Å². The second kappa shape index (κ2) is 6.71. The molecular weight excluding hydrogens is 252 g/mol. The predicted octanol–water partition coefficient (Wildman–Crippen LogP) is 3.34. The average molecular weight is 274 g/mol. The zero-order valence-corrected chi connectivity index (χ0v) is 11.9. The SMILES string of the molecule is C/C=C/C[C@]1(COC(=O)c2ccccc2)CCC[C@@H]1O. The van der Waals surface area contributed by atoms with Crippen molar-refractivity contribution in [3.63, 3.8) is 0 Å². The van der Waals surface area contributed by atoms with Crippen LogP contribution in [0.15, 0.2) is 42.5 Å². The summed E-state index contributed by atoms with van der Waals surface area (Å²) in [7, 11) is 0. The molecule has 1 aliphatic carbocycles. The molecule has 108 valence electrons. The summed E-state index contributed by atoms with van der Waals surface area (Å²) in [5.74, 6) is -0.315. The average Bonchev–Trinajstić information content (AvgIpc) is 2.85. The van der Waals surface area contributed by atoms with Crippen molar-refractivity contribution >= 4 is 5.97 Å². The number of carbonyl (C=O) groups excluding carboxylic acids is 1. The van der Waals surface area contributed by atoms with E-state index >= 15 is 0 Å². The number of hydrogen-bond donors (Lipinski definition) is 1. The fourth-order valence-electron chi connectivity index (χ4n) is 2.81. The van der Waals surface area contributed by atoms with Crippen molar-refractivity contribution in [1.82, 2.24) is 0 Å². The van der Waals surface area contributed by atoms with Crippen molar-refractivity contribution in [1.29, 1.82) is 0 Å². The van der Waals surface area contributed by atoms with Crippen molar-refractivity contribution in [3.05, 3.63) is 48.0 Å². The van der Waals surface area contributed by atoms with Gasteiger partial charge in [-0.25, -0.2) is 4.79 Å². The highest BCUT2D eigenvalue weighted by atomic mass is 16.5. The lowest BCUT2D eigenvalue weighted by molar-refractivity contribution is -0.0134. The minimum absolute atomic E-state index is 0.284. The Balaban J connectivity index is 2.01. The first-order chi connectivity index (χ1) is 9.68. The molecule has 0 spiro atoms. The molecule has 0 unspecified atom stereocenters. The molecule has 1 fully saturated rings. The maximum atomic E-state index is 12.0. The number of carbonyl (C=O) groups is 1. The Kier molecular flexibility index (Phi) is 4.96. The summed E-state index contributed by atoms with van der Waals surface area (Å²) in [4.78, 5) is 12.0. The third-order valence-corrected chi connectivity index (χ3v) is 4.12. The summed E-state index contributed by atoms with van der Waals surface area (Å²) < 4.78 is 5.45. The molecule has 3 nitrogen and oxygen atoms in total. The Labute approximate surface area is 120 Å². The smallest absolute Gasteiger partial charge is 0.338 e. The van der Waals surface area contributed by atoms with Crippen LogP contribution in [0.4, 0.5) is 0 Å². The number of rotatable bonds is 5. The van der Waals surface area contributed by atoms with Crippen molar-refractivity contribution < 1.29 is 14.6 Å². The lowest BCUT2D eigenvalue weighted by Gasteiger charge is -2.31. The molecule has 0 aromatic heterocycles. The fraction of sp³-hybridized carbons (Fsp3) is 0.471. The Hall–Kier alpha value is -1.61. The van der Waals surface area contributed by atoms with Crippen LogP contribution in [0.25, 0.3) is 0 Å². The number of benzene rings is 1. The number of aliphatic hydroxyl groups excluding tert-OH is 1. The molecule has 1 aromatic rings. The largest absolute Gasteiger partial charge is 0.461 e. The van der Waals surface area contributed by atoms with Gasteiger partial charge < -0.3 is 9.84 Å². The number of allylic oxidation sites excluding steroid dienone is 2. The van der Waals surface area contributed by atoms with Gasteiger partial charge in [0.15, 0.2) is 0 Å². The molecule has 1 saturated carbocycles. The second-order valence-corrected chi connectivity index (χ2v) is 5.49. The standard InChI is InChI=1S/C17H22O3/c1-2-3-11-17(12-7-10-15(17)18)13-20-16(19)14-8-5-4-6-9-14/h2-6,8-9,15,18H,7,10-13H2,1H3/b3-2+/t15-,17+/m0/s1. The monoisotopic (exact) mass is 274 g/mol. The van der Waals surface area contributed by atoms with Gasteiger partial charge in [-0.2, -0.15) is 0 Å². The molecule has 0 amide bonds. The van der Waals surface area contributed by atoms with Crippen LogP contribution in [-0.4, -0.2) is 23.8 Å². The lowest BCUT2D eigenvalue weighted by Crippen LogP contribution is -2.35. The van der Waals surface area contributed by atoms with Gasteiger partial charge in [-0.15, -0.1) is 0 Å². The second-order valence-electron chi connectivity index (χ2n) is 5.49. The van der Waals surface area contributed by atoms with E-state index in [1.54, 1.807) is 12.1 Å². The van der Waals surface area contributed by atoms with Crippen LogP contribution in [0.3, 0.4) is 0 Å². The van der Waals surface area contributed by atoms with E-state index in [4.69, 9.17) is 4.74 Å². The van der Waals surface area contributed by atoms with E-state index in [0.717, 1.165) is 25.7 Å². The molecule has 0 radical (unpaired) electrons. The Morgan fingerprint density at radius 3 is 2.80 bits per heavy atom. The molecule has 0 heterocycles. The van der Waals surface area contributed by atoms with E-state index in [2.05, 4.69) is 0 Å². The minimum atomic E-state index is -0.387. The van der Waals surface area contributed by atoms with Crippen LogP contribution < -0.4 is 0 Å². The highest BCUT2D eigenvalue weighted by Gasteiger charge is 2.42. The van der Waals surface area contributed by atoms with Gasteiger partial charge in [0.05, 0.1) is 11.7 Å². The molecule has 2 atom stereocenters. The van der Waals surface area contributed by atoms with Crippen molar-refractivity contribution in [2.24, 2.45) is 5.41 Å². The zero-order valence-electron chi connectivity index (χ0n) is 11.9. The van der Waals surface area contributed by atoms with Crippen LogP contribution in [0.1, 0.15) is 43.0 Å². The van der Waals surface area contributed by atoms with Crippen LogP contribution in [0.2, 0.25) is 0 Å². The summed E-state index contributed by atoms with van der Waals surface area (Å²) in [6, 6.07) is 8.98. The molecule has 1 aliphatic rings. The van der Waals surface area contributed by atoms with Gasteiger partial charge >= 0.3 is 5.97 Å². The Morgan fingerprint density at radius 2 is 2.20 bits per heavy atom. The maximum absolute atomic E-state index is 12.0. The number of aliphatic hydroxyl groups is 1.